The van der Waals surface area contributed by atoms with E-state index in [1.54, 1.807) is 10.9 Å². The Hall–Kier alpha value is -3.04. The number of hydrogen-bond donors (Lipinski definition) is 1. The van der Waals surface area contributed by atoms with Gasteiger partial charge in [-0.15, -0.1) is 0 Å². The molecule has 8 nitrogen and oxygen atoms in total. The van der Waals surface area contributed by atoms with E-state index in [1.165, 1.54) is 28.6 Å². The summed E-state index contributed by atoms with van der Waals surface area (Å²) in [7, 11) is -1.65. The lowest BCUT2D eigenvalue weighted by atomic mass is 10.2. The summed E-state index contributed by atoms with van der Waals surface area (Å²) in [6.07, 6.45) is 3.49. The summed E-state index contributed by atoms with van der Waals surface area (Å²) >= 11 is 0. The second-order valence-electron chi connectivity index (χ2n) is 7.18. The lowest BCUT2D eigenvalue weighted by molar-refractivity contribution is 0.0950. The van der Waals surface area contributed by atoms with E-state index in [0.717, 1.165) is 24.2 Å². The monoisotopic (exact) mass is 425 g/mol. The van der Waals surface area contributed by atoms with E-state index in [4.69, 9.17) is 0 Å². The summed E-state index contributed by atoms with van der Waals surface area (Å²) < 4.78 is 28.4. The molecule has 1 aromatic carbocycles. The van der Waals surface area contributed by atoms with Crippen molar-refractivity contribution >= 4 is 15.9 Å². The molecule has 1 amide bonds. The molecular formula is C21H23N5O3S. The average molecular weight is 426 g/mol. The first-order valence-electron chi connectivity index (χ1n) is 9.78. The number of aromatic nitrogens is 3. The molecule has 1 saturated heterocycles. The number of rotatable bonds is 6. The largest absolute Gasteiger partial charge is 0.346 e. The summed E-state index contributed by atoms with van der Waals surface area (Å²) in [5.74, 6) is -0.287. The maximum atomic E-state index is 12.6. The molecule has 0 bridgehead atoms. The Morgan fingerprint density at radius 3 is 2.50 bits per heavy atom. The molecule has 0 atom stereocenters. The van der Waals surface area contributed by atoms with Gasteiger partial charge in [-0.2, -0.15) is 9.40 Å². The van der Waals surface area contributed by atoms with Gasteiger partial charge in [-0.3, -0.25) is 14.5 Å². The molecule has 3 heterocycles. The van der Waals surface area contributed by atoms with Crippen LogP contribution in [0.5, 0.6) is 0 Å². The molecule has 156 valence electrons. The molecule has 9 heteroatoms. The third-order valence-corrected chi connectivity index (χ3v) is 7.02. The molecule has 1 N–H and O–H groups in total. The summed E-state index contributed by atoms with van der Waals surface area (Å²) in [6, 6.07) is 13.6. The van der Waals surface area contributed by atoms with Crippen LogP contribution in [0.1, 0.15) is 28.9 Å². The van der Waals surface area contributed by atoms with Crippen LogP contribution in [-0.2, 0) is 23.6 Å². The zero-order valence-corrected chi connectivity index (χ0v) is 17.5. The highest BCUT2D eigenvalue weighted by Crippen LogP contribution is 2.21. The number of nitrogens with zero attached hydrogens (tertiary/aromatic N) is 4. The van der Waals surface area contributed by atoms with Gasteiger partial charge in [0.15, 0.2) is 0 Å². The zero-order chi connectivity index (χ0) is 21.1. The fourth-order valence-electron chi connectivity index (χ4n) is 3.50. The van der Waals surface area contributed by atoms with Gasteiger partial charge in [-0.25, -0.2) is 8.42 Å². The highest BCUT2D eigenvalue weighted by atomic mass is 32.2. The van der Waals surface area contributed by atoms with Gasteiger partial charge in [0, 0.05) is 31.9 Å². The van der Waals surface area contributed by atoms with E-state index in [0.29, 0.717) is 24.3 Å². The SMILES string of the molecule is Cn1nc(CNC(=O)c2ccc(S(=O)(=O)N3CCCC3)cc2)cc1-c1ccccn1. The molecule has 0 unspecified atom stereocenters. The Bertz CT molecular complexity index is 1140. The molecular weight excluding hydrogens is 402 g/mol. The van der Waals surface area contributed by atoms with Crippen molar-refractivity contribution in [2.24, 2.45) is 7.05 Å². The van der Waals surface area contributed by atoms with Crippen molar-refractivity contribution in [2.45, 2.75) is 24.3 Å². The van der Waals surface area contributed by atoms with E-state index in [9.17, 15) is 13.2 Å². The lowest BCUT2D eigenvalue weighted by Crippen LogP contribution is -2.28. The van der Waals surface area contributed by atoms with Crippen molar-refractivity contribution in [1.82, 2.24) is 24.4 Å². The van der Waals surface area contributed by atoms with Crippen LogP contribution < -0.4 is 5.32 Å². The first kappa shape index (κ1) is 20.2. The van der Waals surface area contributed by atoms with Crippen LogP contribution in [0.15, 0.2) is 59.6 Å². The van der Waals surface area contributed by atoms with Gasteiger partial charge in [-0.1, -0.05) is 6.07 Å². The zero-order valence-electron chi connectivity index (χ0n) is 16.7. The standard InChI is InChI=1S/C21H23N5O3S/c1-25-20(19-6-2-3-11-22-19)14-17(24-25)15-23-21(27)16-7-9-18(10-8-16)30(28,29)26-12-4-5-13-26/h2-3,6-11,14H,4-5,12-13,15H2,1H3,(H,23,27). The minimum Gasteiger partial charge on any atom is -0.346 e. The third kappa shape index (κ3) is 4.12. The van der Waals surface area contributed by atoms with Crippen LogP contribution in [0.25, 0.3) is 11.4 Å². The Morgan fingerprint density at radius 2 is 1.83 bits per heavy atom. The van der Waals surface area contributed by atoms with Crippen molar-refractivity contribution in [3.63, 3.8) is 0 Å². The molecule has 1 aliphatic heterocycles. The quantitative estimate of drug-likeness (QED) is 0.653. The highest BCUT2D eigenvalue weighted by molar-refractivity contribution is 7.89. The molecule has 0 radical (unpaired) electrons. The molecule has 30 heavy (non-hydrogen) atoms. The van der Waals surface area contributed by atoms with Gasteiger partial charge in [0.2, 0.25) is 10.0 Å². The first-order chi connectivity index (χ1) is 14.4. The number of pyridine rings is 1. The summed E-state index contributed by atoms with van der Waals surface area (Å²) in [4.78, 5) is 17.0. The van der Waals surface area contributed by atoms with Gasteiger partial charge in [-0.05, 0) is 55.3 Å². The Kier molecular flexibility index (Phi) is 5.65. The molecule has 2 aromatic heterocycles. The molecule has 3 aromatic rings. The van der Waals surface area contributed by atoms with Crippen molar-refractivity contribution < 1.29 is 13.2 Å². The van der Waals surface area contributed by atoms with Crippen molar-refractivity contribution in [1.29, 1.82) is 0 Å². The van der Waals surface area contributed by atoms with Crippen molar-refractivity contribution in [3.05, 3.63) is 66.0 Å². The Labute approximate surface area is 175 Å². The van der Waals surface area contributed by atoms with Gasteiger partial charge >= 0.3 is 0 Å². The van der Waals surface area contributed by atoms with Crippen LogP contribution >= 0.6 is 0 Å². The number of aryl methyl sites for hydroxylation is 1. The number of carbonyl (C=O) groups is 1. The van der Waals surface area contributed by atoms with Crippen LogP contribution in [0, 0.1) is 0 Å². The van der Waals surface area contributed by atoms with Gasteiger partial charge in [0.25, 0.3) is 5.91 Å². The average Bonchev–Trinajstić information content (AvgIpc) is 3.43. The minimum absolute atomic E-state index is 0.214. The second-order valence-corrected chi connectivity index (χ2v) is 9.12. The van der Waals surface area contributed by atoms with E-state index in [1.807, 2.05) is 31.3 Å². The number of amides is 1. The maximum Gasteiger partial charge on any atom is 0.251 e. The number of benzene rings is 1. The van der Waals surface area contributed by atoms with Crippen LogP contribution in [0.3, 0.4) is 0 Å². The number of nitrogens with one attached hydrogen (secondary N) is 1. The molecule has 1 fully saturated rings. The summed E-state index contributed by atoms with van der Waals surface area (Å²) in [5, 5.41) is 7.25. The fraction of sp³-hybridized carbons (Fsp3) is 0.286. The lowest BCUT2D eigenvalue weighted by Gasteiger charge is -2.15. The predicted molar refractivity (Wildman–Crippen MR) is 112 cm³/mol. The Morgan fingerprint density at radius 1 is 1.10 bits per heavy atom. The van der Waals surface area contributed by atoms with Crippen LogP contribution in [-0.4, -0.2) is 46.5 Å². The topological polar surface area (TPSA) is 97.2 Å². The molecule has 1 aliphatic rings. The van der Waals surface area contributed by atoms with Crippen molar-refractivity contribution in [3.8, 4) is 11.4 Å². The van der Waals surface area contributed by atoms with E-state index < -0.39 is 10.0 Å². The Balaban J connectivity index is 1.41. The van der Waals surface area contributed by atoms with Gasteiger partial charge < -0.3 is 5.32 Å². The van der Waals surface area contributed by atoms with E-state index in [-0.39, 0.29) is 17.3 Å². The maximum absolute atomic E-state index is 12.6. The molecule has 0 saturated carbocycles. The molecule has 0 aliphatic carbocycles. The van der Waals surface area contributed by atoms with Crippen molar-refractivity contribution in [2.75, 3.05) is 13.1 Å². The minimum atomic E-state index is -3.48. The third-order valence-electron chi connectivity index (χ3n) is 5.11. The summed E-state index contributed by atoms with van der Waals surface area (Å²) in [6.45, 7) is 1.36. The molecule has 4 rings (SSSR count). The van der Waals surface area contributed by atoms with Gasteiger partial charge in [0.1, 0.15) is 0 Å². The fourth-order valence-corrected chi connectivity index (χ4v) is 5.01. The molecule has 0 spiro atoms. The first-order valence-corrected chi connectivity index (χ1v) is 11.2. The summed E-state index contributed by atoms with van der Waals surface area (Å²) in [5.41, 5.74) is 2.77. The van der Waals surface area contributed by atoms with Gasteiger partial charge in [0.05, 0.1) is 28.5 Å². The van der Waals surface area contributed by atoms with Crippen LogP contribution in [0.2, 0.25) is 0 Å². The highest BCUT2D eigenvalue weighted by Gasteiger charge is 2.27. The number of hydrogen-bond acceptors (Lipinski definition) is 5. The number of sulfonamides is 1. The smallest absolute Gasteiger partial charge is 0.251 e. The number of carbonyl (C=O) groups excluding carboxylic acids is 1. The van der Waals surface area contributed by atoms with Crippen LogP contribution in [0.4, 0.5) is 0 Å². The predicted octanol–water partition coefficient (Wildman–Crippen LogP) is 2.20. The normalized spacial score (nSPS) is 14.7. The second kappa shape index (κ2) is 8.37. The van der Waals surface area contributed by atoms with E-state index >= 15 is 0 Å². The van der Waals surface area contributed by atoms with E-state index in [2.05, 4.69) is 15.4 Å².